The van der Waals surface area contributed by atoms with Crippen LogP contribution in [0.15, 0.2) is 24.3 Å². The second kappa shape index (κ2) is 6.92. The number of morpholine rings is 1. The third kappa shape index (κ3) is 3.28. The predicted octanol–water partition coefficient (Wildman–Crippen LogP) is 1.29. The van der Waals surface area contributed by atoms with Gasteiger partial charge in [0, 0.05) is 18.8 Å². The zero-order valence-corrected chi connectivity index (χ0v) is 11.6. The highest BCUT2D eigenvalue weighted by molar-refractivity contribution is 5.85. The van der Waals surface area contributed by atoms with Crippen molar-refractivity contribution in [2.75, 3.05) is 31.2 Å². The molecule has 1 amide bonds. The zero-order valence-electron chi connectivity index (χ0n) is 11.6. The number of ether oxygens (including phenoxy) is 1. The van der Waals surface area contributed by atoms with Crippen molar-refractivity contribution in [2.45, 2.75) is 19.4 Å². The molecule has 1 unspecified atom stereocenters. The van der Waals surface area contributed by atoms with Crippen molar-refractivity contribution in [3.63, 3.8) is 0 Å². The van der Waals surface area contributed by atoms with Gasteiger partial charge in [-0.05, 0) is 30.7 Å². The third-order valence-electron chi connectivity index (χ3n) is 3.31. The maximum Gasteiger partial charge on any atom is 0.245 e. The van der Waals surface area contributed by atoms with Crippen molar-refractivity contribution >= 4 is 11.6 Å². The fourth-order valence-corrected chi connectivity index (χ4v) is 2.22. The topological polar surface area (TPSA) is 65.4 Å². The third-order valence-corrected chi connectivity index (χ3v) is 3.31. The van der Waals surface area contributed by atoms with E-state index in [1.54, 1.807) is 12.1 Å². The lowest BCUT2D eigenvalue weighted by atomic mass is 10.1. The van der Waals surface area contributed by atoms with E-state index in [2.05, 4.69) is 11.4 Å². The minimum Gasteiger partial charge on any atom is -0.377 e. The lowest BCUT2D eigenvalue weighted by Crippen LogP contribution is -2.54. The summed E-state index contributed by atoms with van der Waals surface area (Å²) in [5, 5.41) is 11.7. The maximum absolute atomic E-state index is 12.2. The number of carbonyl (C=O) groups is 1. The van der Waals surface area contributed by atoms with Gasteiger partial charge in [-0.1, -0.05) is 6.92 Å². The van der Waals surface area contributed by atoms with Gasteiger partial charge < -0.3 is 15.0 Å². The highest BCUT2D eigenvalue weighted by atomic mass is 16.5. The number of nitrogens with one attached hydrogen (secondary N) is 1. The Morgan fingerprint density at radius 1 is 1.50 bits per heavy atom. The van der Waals surface area contributed by atoms with E-state index in [0.29, 0.717) is 31.9 Å². The first-order chi connectivity index (χ1) is 9.76. The van der Waals surface area contributed by atoms with Crippen LogP contribution in [0.2, 0.25) is 0 Å². The minimum absolute atomic E-state index is 0.00379. The Labute approximate surface area is 119 Å². The molecule has 106 valence electrons. The van der Waals surface area contributed by atoms with E-state index in [1.807, 2.05) is 24.0 Å². The Hall–Kier alpha value is -2.06. The SMILES string of the molecule is CCCNC(=O)C1COCCN1c1ccc(C#N)cc1. The van der Waals surface area contributed by atoms with Crippen LogP contribution in [0.1, 0.15) is 18.9 Å². The molecule has 1 aliphatic rings. The molecule has 1 N–H and O–H groups in total. The Balaban J connectivity index is 2.13. The molecule has 5 heteroatoms. The van der Waals surface area contributed by atoms with Crippen LogP contribution in [0.5, 0.6) is 0 Å². The fourth-order valence-electron chi connectivity index (χ4n) is 2.22. The van der Waals surface area contributed by atoms with Crippen molar-refractivity contribution in [1.29, 1.82) is 5.26 Å². The van der Waals surface area contributed by atoms with E-state index >= 15 is 0 Å². The molecule has 0 radical (unpaired) electrons. The summed E-state index contributed by atoms with van der Waals surface area (Å²) in [6.45, 7) is 4.38. The van der Waals surface area contributed by atoms with Crippen LogP contribution in [-0.2, 0) is 9.53 Å². The number of benzene rings is 1. The minimum atomic E-state index is -0.303. The molecule has 1 atom stereocenters. The van der Waals surface area contributed by atoms with E-state index in [1.165, 1.54) is 0 Å². The van der Waals surface area contributed by atoms with Crippen molar-refractivity contribution in [3.05, 3.63) is 29.8 Å². The van der Waals surface area contributed by atoms with Gasteiger partial charge in [0.25, 0.3) is 0 Å². The Morgan fingerprint density at radius 2 is 2.25 bits per heavy atom. The van der Waals surface area contributed by atoms with Gasteiger partial charge in [0.2, 0.25) is 5.91 Å². The highest BCUT2D eigenvalue weighted by Gasteiger charge is 2.29. The lowest BCUT2D eigenvalue weighted by molar-refractivity contribution is -0.124. The second-order valence-electron chi connectivity index (χ2n) is 4.73. The van der Waals surface area contributed by atoms with Crippen molar-refractivity contribution in [2.24, 2.45) is 0 Å². The van der Waals surface area contributed by atoms with Crippen LogP contribution in [-0.4, -0.2) is 38.3 Å². The van der Waals surface area contributed by atoms with Gasteiger partial charge in [0.1, 0.15) is 6.04 Å². The predicted molar refractivity (Wildman–Crippen MR) is 76.4 cm³/mol. The van der Waals surface area contributed by atoms with Crippen molar-refractivity contribution in [3.8, 4) is 6.07 Å². The summed E-state index contributed by atoms with van der Waals surface area (Å²) >= 11 is 0. The van der Waals surface area contributed by atoms with E-state index in [4.69, 9.17) is 10.00 Å². The average Bonchev–Trinajstić information content (AvgIpc) is 2.52. The summed E-state index contributed by atoms with van der Waals surface area (Å²) in [5.74, 6) is -0.00379. The van der Waals surface area contributed by atoms with Crippen LogP contribution in [0.3, 0.4) is 0 Å². The molecule has 1 aromatic rings. The monoisotopic (exact) mass is 273 g/mol. The molecule has 1 saturated heterocycles. The number of hydrogen-bond donors (Lipinski definition) is 1. The molecule has 0 aromatic heterocycles. The lowest BCUT2D eigenvalue weighted by Gasteiger charge is -2.36. The number of nitriles is 1. The fraction of sp³-hybridized carbons (Fsp3) is 0.467. The first kappa shape index (κ1) is 14.4. The molecule has 0 saturated carbocycles. The molecule has 0 bridgehead atoms. The summed E-state index contributed by atoms with van der Waals surface area (Å²) in [6.07, 6.45) is 0.913. The molecule has 1 aromatic carbocycles. The number of amides is 1. The average molecular weight is 273 g/mol. The Morgan fingerprint density at radius 3 is 2.90 bits per heavy atom. The van der Waals surface area contributed by atoms with Gasteiger partial charge in [-0.2, -0.15) is 5.26 Å². The summed E-state index contributed by atoms with van der Waals surface area (Å²) in [5.41, 5.74) is 1.57. The molecule has 20 heavy (non-hydrogen) atoms. The number of hydrogen-bond acceptors (Lipinski definition) is 4. The Bertz CT molecular complexity index is 493. The summed E-state index contributed by atoms with van der Waals surface area (Å²) < 4.78 is 5.42. The van der Waals surface area contributed by atoms with Gasteiger partial charge in [-0.3, -0.25) is 4.79 Å². The summed E-state index contributed by atoms with van der Waals surface area (Å²) in [4.78, 5) is 14.2. The van der Waals surface area contributed by atoms with Gasteiger partial charge in [0.05, 0.1) is 24.8 Å². The molecule has 1 aliphatic heterocycles. The normalized spacial score (nSPS) is 18.4. The maximum atomic E-state index is 12.2. The Kier molecular flexibility index (Phi) is 4.97. The van der Waals surface area contributed by atoms with E-state index < -0.39 is 0 Å². The molecule has 0 aliphatic carbocycles. The molecule has 2 rings (SSSR count). The van der Waals surface area contributed by atoms with Gasteiger partial charge in [-0.15, -0.1) is 0 Å². The quantitative estimate of drug-likeness (QED) is 0.897. The summed E-state index contributed by atoms with van der Waals surface area (Å²) in [7, 11) is 0. The number of nitrogens with zero attached hydrogens (tertiary/aromatic N) is 2. The number of rotatable bonds is 4. The van der Waals surface area contributed by atoms with Gasteiger partial charge >= 0.3 is 0 Å². The first-order valence-electron chi connectivity index (χ1n) is 6.88. The second-order valence-corrected chi connectivity index (χ2v) is 4.73. The number of anilines is 1. The molecule has 1 heterocycles. The van der Waals surface area contributed by atoms with Crippen LogP contribution in [0.4, 0.5) is 5.69 Å². The largest absolute Gasteiger partial charge is 0.377 e. The van der Waals surface area contributed by atoms with Crippen LogP contribution < -0.4 is 10.2 Å². The molecular weight excluding hydrogens is 254 g/mol. The molecule has 0 spiro atoms. The van der Waals surface area contributed by atoms with Crippen molar-refractivity contribution in [1.82, 2.24) is 5.32 Å². The van der Waals surface area contributed by atoms with E-state index in [9.17, 15) is 4.79 Å². The zero-order chi connectivity index (χ0) is 14.4. The molecular formula is C15H19N3O2. The van der Waals surface area contributed by atoms with Crippen LogP contribution in [0, 0.1) is 11.3 Å². The molecule has 5 nitrogen and oxygen atoms in total. The number of carbonyl (C=O) groups excluding carboxylic acids is 1. The van der Waals surface area contributed by atoms with Crippen LogP contribution >= 0.6 is 0 Å². The van der Waals surface area contributed by atoms with Gasteiger partial charge in [0.15, 0.2) is 0 Å². The smallest absolute Gasteiger partial charge is 0.245 e. The highest BCUT2D eigenvalue weighted by Crippen LogP contribution is 2.20. The van der Waals surface area contributed by atoms with Crippen LogP contribution in [0.25, 0.3) is 0 Å². The van der Waals surface area contributed by atoms with Crippen molar-refractivity contribution < 1.29 is 9.53 Å². The standard InChI is InChI=1S/C15H19N3O2/c1-2-7-17-15(19)14-11-20-9-8-18(14)13-5-3-12(10-16)4-6-13/h3-6,14H,2,7-9,11H2,1H3,(H,17,19). The first-order valence-corrected chi connectivity index (χ1v) is 6.88. The van der Waals surface area contributed by atoms with E-state index in [-0.39, 0.29) is 11.9 Å². The summed E-state index contributed by atoms with van der Waals surface area (Å²) in [6, 6.07) is 9.09. The van der Waals surface area contributed by atoms with E-state index in [0.717, 1.165) is 12.1 Å². The van der Waals surface area contributed by atoms with Gasteiger partial charge in [-0.25, -0.2) is 0 Å². The molecule has 1 fully saturated rings.